The molecule has 1 aliphatic heterocycles. The standard InChI is InChI=1S/C33H31FN6O3/c34-23-5-1-22(2-6-23)27-16-39(15-20-11-13-43-14-12-20)17-28(30(27)41)33(42)38-24-7-3-21(4-8-24)26-18-40(25-9-10-25)32-29(26)31(35)36-19-37-32/h1-8,16-20,25H,9-15H2,(H,38,42)(H2,35,36,37). The highest BCUT2D eigenvalue weighted by molar-refractivity contribution is 6.05. The predicted octanol–water partition coefficient (Wildman–Crippen LogP) is 5.66. The molecule has 0 radical (unpaired) electrons. The normalized spacial score (nSPS) is 15.6. The third kappa shape index (κ3) is 5.41. The van der Waals surface area contributed by atoms with Crippen LogP contribution in [-0.2, 0) is 11.3 Å². The fourth-order valence-electron chi connectivity index (χ4n) is 5.85. The Morgan fingerprint density at radius 2 is 1.63 bits per heavy atom. The summed E-state index contributed by atoms with van der Waals surface area (Å²) in [7, 11) is 0. The molecule has 5 aromatic rings. The average molecular weight is 579 g/mol. The van der Waals surface area contributed by atoms with E-state index in [9.17, 15) is 14.0 Å². The summed E-state index contributed by atoms with van der Waals surface area (Å²) >= 11 is 0. The lowest BCUT2D eigenvalue weighted by Crippen LogP contribution is -2.26. The maximum atomic E-state index is 13.6. The van der Waals surface area contributed by atoms with Crippen LogP contribution in [0.3, 0.4) is 0 Å². The smallest absolute Gasteiger partial charge is 0.261 e. The summed E-state index contributed by atoms with van der Waals surface area (Å²) in [6.07, 6.45) is 11.0. The number of pyridine rings is 1. The van der Waals surface area contributed by atoms with Crippen molar-refractivity contribution < 1.29 is 13.9 Å². The van der Waals surface area contributed by atoms with Crippen molar-refractivity contribution in [2.45, 2.75) is 38.3 Å². The molecular weight excluding hydrogens is 547 g/mol. The lowest BCUT2D eigenvalue weighted by molar-refractivity contribution is 0.0612. The number of halogens is 1. The largest absolute Gasteiger partial charge is 0.383 e. The van der Waals surface area contributed by atoms with Gasteiger partial charge in [-0.05, 0) is 67.0 Å². The second-order valence-electron chi connectivity index (χ2n) is 11.3. The molecule has 0 spiro atoms. The number of hydrogen-bond donors (Lipinski definition) is 2. The van der Waals surface area contributed by atoms with Gasteiger partial charge >= 0.3 is 0 Å². The van der Waals surface area contributed by atoms with Gasteiger partial charge in [-0.25, -0.2) is 14.4 Å². The zero-order chi connectivity index (χ0) is 29.5. The van der Waals surface area contributed by atoms with Gasteiger partial charge in [-0.1, -0.05) is 24.3 Å². The molecule has 1 aliphatic carbocycles. The molecule has 3 aromatic heterocycles. The maximum absolute atomic E-state index is 13.6. The fraction of sp³-hybridized carbons (Fsp3) is 0.273. The fourth-order valence-corrected chi connectivity index (χ4v) is 5.85. The molecule has 2 aliphatic rings. The minimum absolute atomic E-state index is 0.0235. The van der Waals surface area contributed by atoms with E-state index in [-0.39, 0.29) is 5.56 Å². The number of fused-ring (bicyclic) bond motifs is 1. The minimum atomic E-state index is -0.509. The Morgan fingerprint density at radius 1 is 0.930 bits per heavy atom. The molecule has 1 saturated heterocycles. The van der Waals surface area contributed by atoms with E-state index in [0.717, 1.165) is 47.8 Å². The van der Waals surface area contributed by atoms with Crippen molar-refractivity contribution in [2.75, 3.05) is 24.3 Å². The highest BCUT2D eigenvalue weighted by atomic mass is 19.1. The van der Waals surface area contributed by atoms with Crippen molar-refractivity contribution in [2.24, 2.45) is 5.92 Å². The number of aromatic nitrogens is 4. The molecule has 0 atom stereocenters. The van der Waals surface area contributed by atoms with E-state index < -0.39 is 17.2 Å². The molecule has 2 fully saturated rings. The van der Waals surface area contributed by atoms with E-state index in [4.69, 9.17) is 10.5 Å². The molecule has 1 amide bonds. The van der Waals surface area contributed by atoms with Crippen molar-refractivity contribution in [3.05, 3.63) is 95.1 Å². The monoisotopic (exact) mass is 578 g/mol. The number of rotatable bonds is 7. The highest BCUT2D eigenvalue weighted by Crippen LogP contribution is 2.42. The summed E-state index contributed by atoms with van der Waals surface area (Å²) in [5, 5.41) is 3.71. The SMILES string of the molecule is Nc1ncnc2c1c(-c1ccc(NC(=O)c3cn(CC4CCOCC4)cc(-c4ccc(F)cc4)c3=O)cc1)cn2C1CC1. The topological polar surface area (TPSA) is 117 Å². The number of nitrogens with zero attached hydrogens (tertiary/aromatic N) is 4. The van der Waals surface area contributed by atoms with Gasteiger partial charge in [0.05, 0.1) is 5.39 Å². The van der Waals surface area contributed by atoms with Gasteiger partial charge in [-0.2, -0.15) is 0 Å². The number of hydrogen-bond acceptors (Lipinski definition) is 6. The third-order valence-electron chi connectivity index (χ3n) is 8.32. The van der Waals surface area contributed by atoms with E-state index in [2.05, 4.69) is 26.0 Å². The first kappa shape index (κ1) is 27.0. The van der Waals surface area contributed by atoms with Crippen LogP contribution in [-0.4, -0.2) is 38.2 Å². The number of nitrogens with one attached hydrogen (secondary N) is 1. The van der Waals surface area contributed by atoms with Crippen molar-refractivity contribution >= 4 is 28.4 Å². The molecule has 1 saturated carbocycles. The first-order valence-corrected chi connectivity index (χ1v) is 14.5. The van der Waals surface area contributed by atoms with E-state index in [1.54, 1.807) is 36.7 Å². The zero-order valence-corrected chi connectivity index (χ0v) is 23.5. The molecule has 9 nitrogen and oxygen atoms in total. The van der Waals surface area contributed by atoms with Crippen LogP contribution in [0, 0.1) is 11.7 Å². The first-order valence-electron chi connectivity index (χ1n) is 14.5. The Bertz CT molecular complexity index is 1870. The van der Waals surface area contributed by atoms with Gasteiger partial charge in [0.2, 0.25) is 5.43 Å². The van der Waals surface area contributed by atoms with Gasteiger partial charge in [0.15, 0.2) is 0 Å². The Morgan fingerprint density at radius 3 is 2.35 bits per heavy atom. The molecule has 10 heteroatoms. The van der Waals surface area contributed by atoms with Crippen LogP contribution in [0.1, 0.15) is 42.1 Å². The third-order valence-corrected chi connectivity index (χ3v) is 8.32. The highest BCUT2D eigenvalue weighted by Gasteiger charge is 2.28. The summed E-state index contributed by atoms with van der Waals surface area (Å²) in [6, 6.07) is 13.6. The number of amides is 1. The van der Waals surface area contributed by atoms with Crippen molar-refractivity contribution in [1.82, 2.24) is 19.1 Å². The van der Waals surface area contributed by atoms with Gasteiger partial charge < -0.3 is 24.9 Å². The Kier molecular flexibility index (Phi) is 6.98. The van der Waals surface area contributed by atoms with E-state index in [1.807, 2.05) is 16.7 Å². The zero-order valence-electron chi connectivity index (χ0n) is 23.5. The molecule has 43 heavy (non-hydrogen) atoms. The summed E-state index contributed by atoms with van der Waals surface area (Å²) < 4.78 is 23.2. The molecule has 4 heterocycles. The van der Waals surface area contributed by atoms with Crippen LogP contribution in [0.4, 0.5) is 15.9 Å². The van der Waals surface area contributed by atoms with Crippen molar-refractivity contribution in [3.8, 4) is 22.3 Å². The summed E-state index contributed by atoms with van der Waals surface area (Å²) in [5.41, 5.74) is 9.99. The number of ether oxygens (including phenoxy) is 1. The van der Waals surface area contributed by atoms with Gasteiger partial charge in [0, 0.05) is 61.2 Å². The number of nitrogen functional groups attached to an aromatic ring is 1. The molecule has 0 bridgehead atoms. The lowest BCUT2D eigenvalue weighted by Gasteiger charge is -2.23. The van der Waals surface area contributed by atoms with E-state index in [1.165, 1.54) is 18.5 Å². The summed E-state index contributed by atoms with van der Waals surface area (Å²) in [4.78, 5) is 35.8. The molecule has 218 valence electrons. The number of nitrogens with two attached hydrogens (primary N) is 1. The second-order valence-corrected chi connectivity index (χ2v) is 11.3. The van der Waals surface area contributed by atoms with Crippen molar-refractivity contribution in [1.29, 1.82) is 0 Å². The van der Waals surface area contributed by atoms with Crippen LogP contribution in [0.2, 0.25) is 0 Å². The van der Waals surface area contributed by atoms with Gasteiger partial charge in [0.1, 0.15) is 29.2 Å². The average Bonchev–Trinajstić information content (AvgIpc) is 3.79. The first-order chi connectivity index (χ1) is 20.9. The van der Waals surface area contributed by atoms with Crippen LogP contribution in [0.25, 0.3) is 33.3 Å². The van der Waals surface area contributed by atoms with Gasteiger partial charge in [-0.3, -0.25) is 9.59 Å². The number of carbonyl (C=O) groups excluding carboxylic acids is 1. The van der Waals surface area contributed by atoms with E-state index in [0.29, 0.717) is 54.4 Å². The summed E-state index contributed by atoms with van der Waals surface area (Å²) in [6.45, 7) is 2.04. The molecular formula is C33H31FN6O3. The van der Waals surface area contributed by atoms with E-state index >= 15 is 0 Å². The van der Waals surface area contributed by atoms with Gasteiger partial charge in [-0.15, -0.1) is 0 Å². The molecule has 2 aromatic carbocycles. The van der Waals surface area contributed by atoms with Gasteiger partial charge in [0.25, 0.3) is 5.91 Å². The molecule has 3 N–H and O–H groups in total. The van der Waals surface area contributed by atoms with Crippen molar-refractivity contribution in [3.63, 3.8) is 0 Å². The van der Waals surface area contributed by atoms with Crippen LogP contribution >= 0.6 is 0 Å². The Hall–Kier alpha value is -4.83. The lowest BCUT2D eigenvalue weighted by atomic mass is 9.99. The molecule has 0 unspecified atom stereocenters. The second kappa shape index (κ2) is 11.1. The Labute approximate surface area is 247 Å². The quantitative estimate of drug-likeness (QED) is 0.257. The summed E-state index contributed by atoms with van der Waals surface area (Å²) in [5.74, 6) is -0.109. The predicted molar refractivity (Wildman–Crippen MR) is 163 cm³/mol. The van der Waals surface area contributed by atoms with Crippen LogP contribution in [0.5, 0.6) is 0 Å². The number of anilines is 2. The minimum Gasteiger partial charge on any atom is -0.383 e. The van der Waals surface area contributed by atoms with Crippen LogP contribution < -0.4 is 16.5 Å². The Balaban J connectivity index is 1.19. The maximum Gasteiger partial charge on any atom is 0.261 e. The molecule has 7 rings (SSSR count). The van der Waals surface area contributed by atoms with Crippen LogP contribution in [0.15, 0.2) is 78.2 Å². The number of carbonyl (C=O) groups is 1. The number of benzene rings is 2.